The fourth-order valence-corrected chi connectivity index (χ4v) is 2.60. The second-order valence-corrected chi connectivity index (χ2v) is 7.08. The van der Waals surface area contributed by atoms with Crippen LogP contribution in [0.4, 0.5) is 17.6 Å². The van der Waals surface area contributed by atoms with E-state index in [1.54, 1.807) is 10.9 Å². The lowest BCUT2D eigenvalue weighted by Crippen LogP contribution is -2.16. The van der Waals surface area contributed by atoms with Crippen molar-refractivity contribution in [2.45, 2.75) is 26.5 Å². The van der Waals surface area contributed by atoms with E-state index in [0.29, 0.717) is 52.8 Å². The number of nitrogens with zero attached hydrogens (tertiary/aromatic N) is 3. The molecule has 0 unspecified atom stereocenters. The number of halogens is 4. The first-order valence-corrected chi connectivity index (χ1v) is 11.2. The highest BCUT2D eigenvalue weighted by atomic mass is 19.2. The number of aromatic nitrogens is 3. The number of carbonyl (C=O) groups is 1. The summed E-state index contributed by atoms with van der Waals surface area (Å²) in [7, 11) is 0. The molecule has 0 radical (unpaired) electrons. The molecule has 0 atom stereocenters. The van der Waals surface area contributed by atoms with Gasteiger partial charge in [-0.1, -0.05) is 5.21 Å². The molecule has 0 aliphatic rings. The van der Waals surface area contributed by atoms with Crippen molar-refractivity contribution in [3.05, 3.63) is 41.2 Å². The Labute approximate surface area is 205 Å². The molecule has 0 saturated carbocycles. The van der Waals surface area contributed by atoms with Crippen LogP contribution in [0.3, 0.4) is 0 Å². The van der Waals surface area contributed by atoms with Crippen LogP contribution < -0.4 is 4.74 Å². The number of carbonyl (C=O) groups excluding carboxylic acids is 1. The molecule has 0 saturated heterocycles. The Morgan fingerprint density at radius 3 is 1.97 bits per heavy atom. The van der Waals surface area contributed by atoms with Crippen molar-refractivity contribution in [3.63, 3.8) is 0 Å². The standard InChI is InChI=1S/C22H29F4N3O7/c1-2-31-15-16-14-29(28-27-16)4-6-33-8-10-35-12-11-34-9-7-32-5-3-19(30)36-22-20(25)17(23)13-18(24)21(22)26/h13-14H,2-12,15H2,1H3. The first-order valence-electron chi connectivity index (χ1n) is 11.2. The Morgan fingerprint density at radius 2 is 1.39 bits per heavy atom. The Kier molecular flexibility index (Phi) is 13.9. The normalized spacial score (nSPS) is 11.2. The van der Waals surface area contributed by atoms with E-state index in [0.717, 1.165) is 5.69 Å². The molecule has 1 aromatic heterocycles. The molecular weight excluding hydrogens is 494 g/mol. The number of rotatable bonds is 19. The summed E-state index contributed by atoms with van der Waals surface area (Å²) in [5, 5.41) is 7.96. The van der Waals surface area contributed by atoms with Crippen molar-refractivity contribution < 1.29 is 50.8 Å². The van der Waals surface area contributed by atoms with Gasteiger partial charge in [-0.25, -0.2) is 13.5 Å². The van der Waals surface area contributed by atoms with Crippen LogP contribution in [0.25, 0.3) is 0 Å². The second kappa shape index (κ2) is 16.9. The van der Waals surface area contributed by atoms with Gasteiger partial charge in [0.1, 0.15) is 5.69 Å². The summed E-state index contributed by atoms with van der Waals surface area (Å²) in [5.74, 6) is -9.45. The van der Waals surface area contributed by atoms with Gasteiger partial charge in [-0.15, -0.1) is 5.10 Å². The molecule has 0 aliphatic carbocycles. The average Bonchev–Trinajstić information content (AvgIpc) is 3.32. The maximum atomic E-state index is 13.5. The van der Waals surface area contributed by atoms with E-state index in [9.17, 15) is 22.4 Å². The SMILES string of the molecule is CCOCc1cn(CCOCCOCCOCCOCCC(=O)Oc2c(F)c(F)cc(F)c2F)nn1. The fourth-order valence-electron chi connectivity index (χ4n) is 2.60. The van der Waals surface area contributed by atoms with Gasteiger partial charge in [0, 0.05) is 12.7 Å². The van der Waals surface area contributed by atoms with Gasteiger partial charge >= 0.3 is 5.97 Å². The van der Waals surface area contributed by atoms with Crippen molar-refractivity contribution in [1.29, 1.82) is 0 Å². The minimum absolute atomic E-state index is 0.0201. The number of ether oxygens (including phenoxy) is 6. The molecule has 10 nitrogen and oxygen atoms in total. The Hall–Kier alpha value is -2.65. The molecule has 1 heterocycles. The summed E-state index contributed by atoms with van der Waals surface area (Å²) in [6, 6.07) is 0.0201. The van der Waals surface area contributed by atoms with Crippen LogP contribution in [0.5, 0.6) is 5.75 Å². The van der Waals surface area contributed by atoms with Gasteiger partial charge in [0.2, 0.25) is 17.4 Å². The van der Waals surface area contributed by atoms with Gasteiger partial charge in [-0.3, -0.25) is 4.79 Å². The summed E-state index contributed by atoms with van der Waals surface area (Å²) in [6.07, 6.45) is 1.42. The Bertz CT molecular complexity index is 907. The lowest BCUT2D eigenvalue weighted by atomic mass is 10.3. The summed E-state index contributed by atoms with van der Waals surface area (Å²) in [5.41, 5.74) is 0.764. The average molecular weight is 523 g/mol. The fraction of sp³-hybridized carbons (Fsp3) is 0.591. The minimum atomic E-state index is -1.79. The molecule has 0 amide bonds. The van der Waals surface area contributed by atoms with E-state index in [4.69, 9.17) is 23.7 Å². The predicted octanol–water partition coefficient (Wildman–Crippen LogP) is 2.43. The van der Waals surface area contributed by atoms with Crippen LogP contribution in [-0.4, -0.2) is 80.4 Å². The van der Waals surface area contributed by atoms with Crippen LogP contribution in [0.2, 0.25) is 0 Å². The lowest BCUT2D eigenvalue weighted by molar-refractivity contribution is -0.136. The summed E-state index contributed by atoms with van der Waals surface area (Å²) in [4.78, 5) is 11.6. The summed E-state index contributed by atoms with van der Waals surface area (Å²) in [6.45, 7) is 5.68. The van der Waals surface area contributed by atoms with Crippen LogP contribution in [0.1, 0.15) is 19.0 Å². The highest BCUT2D eigenvalue weighted by Crippen LogP contribution is 2.26. The molecular formula is C22H29F4N3O7. The predicted molar refractivity (Wildman–Crippen MR) is 115 cm³/mol. The zero-order chi connectivity index (χ0) is 26.2. The van der Waals surface area contributed by atoms with Crippen molar-refractivity contribution in [1.82, 2.24) is 15.0 Å². The highest BCUT2D eigenvalue weighted by Gasteiger charge is 2.22. The Morgan fingerprint density at radius 1 is 0.833 bits per heavy atom. The van der Waals surface area contributed by atoms with E-state index in [2.05, 4.69) is 15.0 Å². The first-order chi connectivity index (χ1) is 17.4. The maximum absolute atomic E-state index is 13.5. The molecule has 1 aromatic carbocycles. The van der Waals surface area contributed by atoms with E-state index < -0.39 is 35.0 Å². The number of hydrogen-bond donors (Lipinski definition) is 0. The zero-order valence-electron chi connectivity index (χ0n) is 19.9. The van der Waals surface area contributed by atoms with Gasteiger partial charge in [-0.2, -0.15) is 8.78 Å². The maximum Gasteiger partial charge on any atom is 0.313 e. The third kappa shape index (κ3) is 11.0. The van der Waals surface area contributed by atoms with E-state index in [1.165, 1.54) is 0 Å². The van der Waals surface area contributed by atoms with Gasteiger partial charge in [0.05, 0.1) is 78.6 Å². The molecule has 0 aliphatic heterocycles. The van der Waals surface area contributed by atoms with Gasteiger partial charge < -0.3 is 28.4 Å². The molecule has 14 heteroatoms. The zero-order valence-corrected chi connectivity index (χ0v) is 19.9. The van der Waals surface area contributed by atoms with E-state index in [-0.39, 0.29) is 32.3 Å². The van der Waals surface area contributed by atoms with Crippen LogP contribution in [-0.2, 0) is 41.6 Å². The summed E-state index contributed by atoms with van der Waals surface area (Å²) >= 11 is 0. The third-order valence-electron chi connectivity index (χ3n) is 4.36. The third-order valence-corrected chi connectivity index (χ3v) is 4.36. The van der Waals surface area contributed by atoms with E-state index in [1.807, 2.05) is 6.92 Å². The molecule has 0 spiro atoms. The monoisotopic (exact) mass is 523 g/mol. The summed E-state index contributed by atoms with van der Waals surface area (Å²) < 4.78 is 85.7. The number of benzene rings is 1. The topological polar surface area (TPSA) is 103 Å². The molecule has 36 heavy (non-hydrogen) atoms. The molecule has 0 fully saturated rings. The highest BCUT2D eigenvalue weighted by molar-refractivity contribution is 5.72. The van der Waals surface area contributed by atoms with Gasteiger partial charge in [-0.05, 0) is 6.92 Å². The number of esters is 1. The van der Waals surface area contributed by atoms with Gasteiger partial charge in [0.15, 0.2) is 11.6 Å². The first kappa shape index (κ1) is 29.6. The number of hydrogen-bond acceptors (Lipinski definition) is 9. The smallest absolute Gasteiger partial charge is 0.313 e. The molecule has 2 rings (SSSR count). The van der Waals surface area contributed by atoms with Crippen molar-refractivity contribution in [3.8, 4) is 5.75 Å². The lowest BCUT2D eigenvalue weighted by Gasteiger charge is -2.09. The van der Waals surface area contributed by atoms with Gasteiger partial charge in [0.25, 0.3) is 0 Å². The van der Waals surface area contributed by atoms with Crippen LogP contribution in [0.15, 0.2) is 12.3 Å². The van der Waals surface area contributed by atoms with Crippen molar-refractivity contribution in [2.24, 2.45) is 0 Å². The molecule has 0 bridgehead atoms. The molecule has 0 N–H and O–H groups in total. The van der Waals surface area contributed by atoms with Crippen molar-refractivity contribution in [2.75, 3.05) is 59.5 Å². The van der Waals surface area contributed by atoms with Crippen molar-refractivity contribution >= 4 is 5.97 Å². The molecule has 2 aromatic rings. The van der Waals surface area contributed by atoms with Crippen LogP contribution in [0, 0.1) is 23.3 Å². The largest absolute Gasteiger partial charge is 0.420 e. The minimum Gasteiger partial charge on any atom is -0.420 e. The second-order valence-electron chi connectivity index (χ2n) is 7.08. The van der Waals surface area contributed by atoms with E-state index >= 15 is 0 Å². The quantitative estimate of drug-likeness (QED) is 0.0903. The Balaban J connectivity index is 1.39. The molecule has 202 valence electrons. The van der Waals surface area contributed by atoms with Crippen LogP contribution >= 0.6 is 0 Å².